The number of carbonyl (C=O) groups excluding carboxylic acids is 3. The molecule has 112 valence electrons. The highest BCUT2D eigenvalue weighted by Crippen LogP contribution is 2.31. The molecule has 0 aliphatic carbocycles. The van der Waals surface area contributed by atoms with Crippen LogP contribution in [0.25, 0.3) is 0 Å². The summed E-state index contributed by atoms with van der Waals surface area (Å²) in [5.74, 6) is -1.76. The minimum atomic E-state index is -0.711. The van der Waals surface area contributed by atoms with Gasteiger partial charge in [0.25, 0.3) is 11.7 Å². The number of amides is 2. The quantitative estimate of drug-likeness (QED) is 0.819. The summed E-state index contributed by atoms with van der Waals surface area (Å²) in [4.78, 5) is 37.1. The van der Waals surface area contributed by atoms with Gasteiger partial charge in [0, 0.05) is 4.47 Å². The Balaban J connectivity index is 1.79. The maximum Gasteiger partial charge on any atom is 0.299 e. The predicted octanol–water partition coefficient (Wildman–Crippen LogP) is 1.78. The third-order valence-electron chi connectivity index (χ3n) is 3.01. The highest BCUT2D eigenvalue weighted by molar-refractivity contribution is 9.10. The van der Waals surface area contributed by atoms with Crippen LogP contribution in [-0.4, -0.2) is 34.3 Å². The van der Waals surface area contributed by atoms with E-state index in [1.165, 1.54) is 11.3 Å². The standard InChI is InChI=1S/C13H9BrN4O3S/c1-6-16-17-13(22-6)15-10(19)5-18-9-3-2-7(14)4-8(9)11(20)12(18)21/h2-4H,5H2,1H3,(H,15,17,19). The molecule has 0 atom stereocenters. The zero-order valence-electron chi connectivity index (χ0n) is 11.3. The van der Waals surface area contributed by atoms with E-state index in [-0.39, 0.29) is 6.54 Å². The number of nitrogens with zero attached hydrogens (tertiary/aromatic N) is 3. The van der Waals surface area contributed by atoms with Gasteiger partial charge in [0.05, 0.1) is 11.3 Å². The van der Waals surface area contributed by atoms with E-state index in [4.69, 9.17) is 0 Å². The minimum Gasteiger partial charge on any atom is -0.299 e. The largest absolute Gasteiger partial charge is 0.299 e. The molecular formula is C13H9BrN4O3S. The monoisotopic (exact) mass is 380 g/mol. The van der Waals surface area contributed by atoms with Crippen LogP contribution < -0.4 is 10.2 Å². The second-order valence-electron chi connectivity index (χ2n) is 4.56. The first-order valence-corrected chi connectivity index (χ1v) is 7.82. The van der Waals surface area contributed by atoms with Gasteiger partial charge in [-0.15, -0.1) is 10.2 Å². The maximum absolute atomic E-state index is 12.0. The van der Waals surface area contributed by atoms with E-state index in [9.17, 15) is 14.4 Å². The number of carbonyl (C=O) groups is 3. The molecule has 0 fully saturated rings. The number of benzene rings is 1. The second-order valence-corrected chi connectivity index (χ2v) is 6.65. The van der Waals surface area contributed by atoms with Gasteiger partial charge in [-0.2, -0.15) is 0 Å². The number of Topliss-reactive ketones (excluding diaryl/α,β-unsaturated/α-hetero) is 1. The third kappa shape index (κ3) is 2.64. The van der Waals surface area contributed by atoms with Crippen molar-refractivity contribution in [2.75, 3.05) is 16.8 Å². The lowest BCUT2D eigenvalue weighted by Crippen LogP contribution is -2.37. The molecule has 7 nitrogen and oxygen atoms in total. The summed E-state index contributed by atoms with van der Waals surface area (Å²) in [5.41, 5.74) is 0.723. The summed E-state index contributed by atoms with van der Waals surface area (Å²) in [6.07, 6.45) is 0. The van der Waals surface area contributed by atoms with Crippen LogP contribution in [0.1, 0.15) is 15.4 Å². The SMILES string of the molecule is Cc1nnc(NC(=O)CN2C(=O)C(=O)c3cc(Br)ccc32)s1. The highest BCUT2D eigenvalue weighted by atomic mass is 79.9. The predicted molar refractivity (Wildman–Crippen MR) is 84.1 cm³/mol. The topological polar surface area (TPSA) is 92.3 Å². The Kier molecular flexibility index (Phi) is 3.75. The van der Waals surface area contributed by atoms with Gasteiger partial charge in [0.15, 0.2) is 0 Å². The summed E-state index contributed by atoms with van der Waals surface area (Å²) in [6, 6.07) is 4.91. The highest BCUT2D eigenvalue weighted by Gasteiger charge is 2.36. The number of halogens is 1. The first kappa shape index (κ1) is 14.8. The van der Waals surface area contributed by atoms with Gasteiger partial charge in [-0.05, 0) is 25.1 Å². The van der Waals surface area contributed by atoms with Gasteiger partial charge in [0.1, 0.15) is 11.6 Å². The molecule has 1 aromatic heterocycles. The van der Waals surface area contributed by atoms with Gasteiger partial charge >= 0.3 is 0 Å². The van der Waals surface area contributed by atoms with E-state index >= 15 is 0 Å². The summed E-state index contributed by atoms with van der Waals surface area (Å²) in [7, 11) is 0. The summed E-state index contributed by atoms with van der Waals surface area (Å²) in [5, 5.41) is 11.2. The molecule has 1 N–H and O–H groups in total. The molecule has 2 aromatic rings. The molecule has 0 saturated carbocycles. The van der Waals surface area contributed by atoms with Crippen molar-refractivity contribution < 1.29 is 14.4 Å². The molecule has 9 heteroatoms. The Morgan fingerprint density at radius 2 is 2.14 bits per heavy atom. The first-order chi connectivity index (χ1) is 10.5. The van der Waals surface area contributed by atoms with Gasteiger partial charge in [-0.1, -0.05) is 27.3 Å². The Bertz CT molecular complexity index is 804. The fourth-order valence-electron chi connectivity index (χ4n) is 2.08. The number of hydrogen-bond donors (Lipinski definition) is 1. The number of fused-ring (bicyclic) bond motifs is 1. The van der Waals surface area contributed by atoms with Gasteiger partial charge in [-0.25, -0.2) is 0 Å². The maximum atomic E-state index is 12.0. The van der Waals surface area contributed by atoms with Crippen LogP contribution in [0.15, 0.2) is 22.7 Å². The van der Waals surface area contributed by atoms with Crippen LogP contribution >= 0.6 is 27.3 Å². The normalized spacial score (nSPS) is 13.5. The van der Waals surface area contributed by atoms with Crippen LogP contribution in [0.5, 0.6) is 0 Å². The molecule has 0 bridgehead atoms. The smallest absolute Gasteiger partial charge is 0.299 e. The van der Waals surface area contributed by atoms with Crippen LogP contribution in [-0.2, 0) is 9.59 Å². The van der Waals surface area contributed by atoms with E-state index in [2.05, 4.69) is 31.4 Å². The van der Waals surface area contributed by atoms with Crippen molar-refractivity contribution in [3.05, 3.63) is 33.2 Å². The zero-order valence-corrected chi connectivity index (χ0v) is 13.7. The van der Waals surface area contributed by atoms with Crippen molar-refractivity contribution in [2.45, 2.75) is 6.92 Å². The Morgan fingerprint density at radius 3 is 2.82 bits per heavy atom. The zero-order chi connectivity index (χ0) is 15.9. The molecule has 1 aliphatic heterocycles. The fourth-order valence-corrected chi connectivity index (χ4v) is 3.05. The summed E-state index contributed by atoms with van der Waals surface area (Å²) >= 11 is 4.49. The third-order valence-corrected chi connectivity index (χ3v) is 4.25. The molecular weight excluding hydrogens is 372 g/mol. The molecule has 2 amide bonds. The average Bonchev–Trinajstić information content (AvgIpc) is 2.96. The minimum absolute atomic E-state index is 0.252. The summed E-state index contributed by atoms with van der Waals surface area (Å²) < 4.78 is 0.697. The number of hydrogen-bond acceptors (Lipinski definition) is 6. The lowest BCUT2D eigenvalue weighted by Gasteiger charge is -2.15. The molecule has 0 unspecified atom stereocenters. The molecule has 0 radical (unpaired) electrons. The van der Waals surface area contributed by atoms with Crippen LogP contribution in [0.4, 0.5) is 10.8 Å². The average molecular weight is 381 g/mol. The first-order valence-electron chi connectivity index (χ1n) is 6.21. The van der Waals surface area contributed by atoms with E-state index in [1.54, 1.807) is 25.1 Å². The van der Waals surface area contributed by atoms with Gasteiger partial charge in [-0.3, -0.25) is 24.6 Å². The van der Waals surface area contributed by atoms with Crippen molar-refractivity contribution in [3.8, 4) is 0 Å². The number of nitrogens with one attached hydrogen (secondary N) is 1. The molecule has 0 spiro atoms. The summed E-state index contributed by atoms with van der Waals surface area (Å²) in [6.45, 7) is 1.52. The number of aromatic nitrogens is 2. The molecule has 22 heavy (non-hydrogen) atoms. The van der Waals surface area contributed by atoms with E-state index in [0.717, 1.165) is 9.91 Å². The van der Waals surface area contributed by atoms with E-state index in [0.29, 0.717) is 20.9 Å². The van der Waals surface area contributed by atoms with Gasteiger partial charge < -0.3 is 0 Å². The van der Waals surface area contributed by atoms with E-state index < -0.39 is 17.6 Å². The number of aryl methyl sites for hydroxylation is 1. The molecule has 1 aromatic carbocycles. The van der Waals surface area contributed by atoms with Crippen molar-refractivity contribution in [3.63, 3.8) is 0 Å². The van der Waals surface area contributed by atoms with Crippen LogP contribution in [0.2, 0.25) is 0 Å². The number of rotatable bonds is 3. The molecule has 2 heterocycles. The van der Waals surface area contributed by atoms with Crippen LogP contribution in [0, 0.1) is 6.92 Å². The molecule has 0 saturated heterocycles. The van der Waals surface area contributed by atoms with Crippen molar-refractivity contribution in [1.82, 2.24) is 10.2 Å². The number of anilines is 2. The van der Waals surface area contributed by atoms with Crippen LogP contribution in [0.3, 0.4) is 0 Å². The molecule has 3 rings (SSSR count). The number of ketones is 1. The Labute approximate surface area is 137 Å². The van der Waals surface area contributed by atoms with Crippen molar-refractivity contribution in [2.24, 2.45) is 0 Å². The molecule has 1 aliphatic rings. The van der Waals surface area contributed by atoms with E-state index in [1.807, 2.05) is 0 Å². The lowest BCUT2D eigenvalue weighted by molar-refractivity contribution is -0.118. The Morgan fingerprint density at radius 1 is 1.36 bits per heavy atom. The Hall–Kier alpha value is -2.13. The lowest BCUT2D eigenvalue weighted by atomic mass is 10.1. The second kappa shape index (κ2) is 5.58. The van der Waals surface area contributed by atoms with Crippen molar-refractivity contribution in [1.29, 1.82) is 0 Å². The fraction of sp³-hybridized carbons (Fsp3) is 0.154. The van der Waals surface area contributed by atoms with Crippen molar-refractivity contribution >= 4 is 55.7 Å². The van der Waals surface area contributed by atoms with Gasteiger partial charge in [0.2, 0.25) is 11.0 Å².